The molecule has 0 saturated carbocycles. The third-order valence-corrected chi connectivity index (χ3v) is 2.13. The molecular formula is C10H22N2O. The second kappa shape index (κ2) is 8.05. The van der Waals surface area contributed by atoms with Gasteiger partial charge in [-0.15, -0.1) is 0 Å². The molecule has 0 spiro atoms. The first-order valence-corrected chi connectivity index (χ1v) is 5.24. The first-order chi connectivity index (χ1) is 6.24. The molecule has 0 unspecified atom stereocenters. The van der Waals surface area contributed by atoms with Gasteiger partial charge in [0.2, 0.25) is 5.91 Å². The summed E-state index contributed by atoms with van der Waals surface area (Å²) >= 11 is 0. The van der Waals surface area contributed by atoms with Gasteiger partial charge in [0.05, 0.1) is 0 Å². The highest BCUT2D eigenvalue weighted by atomic mass is 16.1. The molecule has 0 aliphatic rings. The summed E-state index contributed by atoms with van der Waals surface area (Å²) in [7, 11) is 0. The Kier molecular flexibility index (Phi) is 7.69. The van der Waals surface area contributed by atoms with Gasteiger partial charge in [0.1, 0.15) is 0 Å². The Bertz CT molecular complexity index is 133. The van der Waals surface area contributed by atoms with Crippen molar-refractivity contribution in [3.8, 4) is 0 Å². The summed E-state index contributed by atoms with van der Waals surface area (Å²) in [6, 6.07) is 0.356. The summed E-state index contributed by atoms with van der Waals surface area (Å²) in [5, 5.41) is 6.12. The molecule has 0 aromatic heterocycles. The average Bonchev–Trinajstić information content (AvgIpc) is 2.14. The molecule has 0 radical (unpaired) electrons. The van der Waals surface area contributed by atoms with E-state index in [0.29, 0.717) is 12.5 Å². The zero-order chi connectivity index (χ0) is 10.1. The van der Waals surface area contributed by atoms with Crippen LogP contribution >= 0.6 is 0 Å². The molecule has 0 fully saturated rings. The number of nitrogens with one attached hydrogen (secondary N) is 2. The second-order valence-corrected chi connectivity index (χ2v) is 3.18. The van der Waals surface area contributed by atoms with E-state index in [1.54, 1.807) is 0 Å². The summed E-state index contributed by atoms with van der Waals surface area (Å²) in [5.41, 5.74) is 0. The molecule has 0 aromatic carbocycles. The van der Waals surface area contributed by atoms with Crippen molar-refractivity contribution in [1.29, 1.82) is 0 Å². The van der Waals surface area contributed by atoms with Crippen LogP contribution in [0.3, 0.4) is 0 Å². The van der Waals surface area contributed by atoms with Crippen molar-refractivity contribution in [2.75, 3.05) is 13.1 Å². The Morgan fingerprint density at radius 2 is 1.85 bits per heavy atom. The van der Waals surface area contributed by atoms with E-state index >= 15 is 0 Å². The van der Waals surface area contributed by atoms with E-state index in [1.807, 2.05) is 6.92 Å². The van der Waals surface area contributed by atoms with E-state index in [9.17, 15) is 4.79 Å². The number of rotatable bonds is 7. The number of carbonyl (C=O) groups excluding carboxylic acids is 1. The van der Waals surface area contributed by atoms with Gasteiger partial charge in [-0.25, -0.2) is 0 Å². The third-order valence-electron chi connectivity index (χ3n) is 2.13. The Labute approximate surface area is 81.3 Å². The van der Waals surface area contributed by atoms with Crippen molar-refractivity contribution in [2.45, 2.75) is 46.1 Å². The van der Waals surface area contributed by atoms with E-state index in [0.717, 1.165) is 25.9 Å². The lowest BCUT2D eigenvalue weighted by molar-refractivity contribution is -0.121. The van der Waals surface area contributed by atoms with Crippen LogP contribution in [0.15, 0.2) is 0 Å². The molecule has 2 N–H and O–H groups in total. The molecule has 3 nitrogen and oxygen atoms in total. The van der Waals surface area contributed by atoms with Crippen molar-refractivity contribution < 1.29 is 4.79 Å². The zero-order valence-corrected chi connectivity index (χ0v) is 9.02. The van der Waals surface area contributed by atoms with Crippen LogP contribution in [0.5, 0.6) is 0 Å². The van der Waals surface area contributed by atoms with E-state index in [1.165, 1.54) is 0 Å². The quantitative estimate of drug-likeness (QED) is 0.588. The Morgan fingerprint density at radius 3 is 2.31 bits per heavy atom. The summed E-state index contributed by atoms with van der Waals surface area (Å²) < 4.78 is 0. The third kappa shape index (κ3) is 6.58. The van der Waals surface area contributed by atoms with Crippen molar-refractivity contribution >= 4 is 5.91 Å². The number of hydrogen-bond donors (Lipinski definition) is 2. The molecule has 0 aromatic rings. The van der Waals surface area contributed by atoms with Crippen LogP contribution in [0, 0.1) is 0 Å². The lowest BCUT2D eigenvalue weighted by Crippen LogP contribution is -2.35. The standard InChI is InChI=1S/C10H22N2O/c1-4-9(5-2)12-10(13)7-8-11-6-3/h9,11H,4-8H2,1-3H3,(H,12,13). The monoisotopic (exact) mass is 186 g/mol. The Hall–Kier alpha value is -0.570. The van der Waals surface area contributed by atoms with Crippen molar-refractivity contribution in [3.05, 3.63) is 0 Å². The number of carbonyl (C=O) groups is 1. The predicted octanol–water partition coefficient (Wildman–Crippen LogP) is 1.29. The Balaban J connectivity index is 3.48. The molecular weight excluding hydrogens is 164 g/mol. The smallest absolute Gasteiger partial charge is 0.221 e. The molecule has 78 valence electrons. The fourth-order valence-electron chi connectivity index (χ4n) is 1.17. The van der Waals surface area contributed by atoms with Gasteiger partial charge in [-0.3, -0.25) is 4.79 Å². The predicted molar refractivity (Wildman–Crippen MR) is 55.7 cm³/mol. The molecule has 0 bridgehead atoms. The van der Waals surface area contributed by atoms with Crippen LogP contribution in [0.25, 0.3) is 0 Å². The summed E-state index contributed by atoms with van der Waals surface area (Å²) in [4.78, 5) is 11.3. The average molecular weight is 186 g/mol. The fourth-order valence-corrected chi connectivity index (χ4v) is 1.17. The van der Waals surface area contributed by atoms with Crippen molar-refractivity contribution in [2.24, 2.45) is 0 Å². The molecule has 3 heteroatoms. The molecule has 1 amide bonds. The zero-order valence-electron chi connectivity index (χ0n) is 9.02. The van der Waals surface area contributed by atoms with Crippen LogP contribution in [-0.2, 0) is 4.79 Å². The summed E-state index contributed by atoms with van der Waals surface area (Å²) in [6.07, 6.45) is 2.62. The van der Waals surface area contributed by atoms with Gasteiger partial charge in [-0.1, -0.05) is 20.8 Å². The first-order valence-electron chi connectivity index (χ1n) is 5.24. The molecule has 13 heavy (non-hydrogen) atoms. The Morgan fingerprint density at radius 1 is 1.23 bits per heavy atom. The minimum Gasteiger partial charge on any atom is -0.353 e. The van der Waals surface area contributed by atoms with E-state index in [-0.39, 0.29) is 5.91 Å². The van der Waals surface area contributed by atoms with Gasteiger partial charge < -0.3 is 10.6 Å². The van der Waals surface area contributed by atoms with Crippen molar-refractivity contribution in [3.63, 3.8) is 0 Å². The van der Waals surface area contributed by atoms with Gasteiger partial charge >= 0.3 is 0 Å². The maximum Gasteiger partial charge on any atom is 0.221 e. The van der Waals surface area contributed by atoms with E-state index in [4.69, 9.17) is 0 Å². The molecule has 0 saturated heterocycles. The summed E-state index contributed by atoms with van der Waals surface area (Å²) in [5.74, 6) is 0.162. The minimum absolute atomic E-state index is 0.162. The van der Waals surface area contributed by atoms with Crippen molar-refractivity contribution in [1.82, 2.24) is 10.6 Å². The largest absolute Gasteiger partial charge is 0.353 e. The molecule has 0 aliphatic carbocycles. The molecule has 0 rings (SSSR count). The summed E-state index contributed by atoms with van der Waals surface area (Å²) in [6.45, 7) is 7.94. The SMILES string of the molecule is CCNCCC(=O)NC(CC)CC. The highest BCUT2D eigenvalue weighted by Gasteiger charge is 2.06. The van der Waals surface area contributed by atoms with Gasteiger partial charge in [-0.05, 0) is 19.4 Å². The van der Waals surface area contributed by atoms with Crippen LogP contribution in [0.1, 0.15) is 40.0 Å². The van der Waals surface area contributed by atoms with Gasteiger partial charge in [0.25, 0.3) is 0 Å². The van der Waals surface area contributed by atoms with Crippen LogP contribution in [-0.4, -0.2) is 25.0 Å². The molecule has 0 aliphatic heterocycles. The highest BCUT2D eigenvalue weighted by Crippen LogP contribution is 1.96. The van der Waals surface area contributed by atoms with Crippen LogP contribution < -0.4 is 10.6 Å². The fraction of sp³-hybridized carbons (Fsp3) is 0.900. The molecule has 0 heterocycles. The second-order valence-electron chi connectivity index (χ2n) is 3.18. The van der Waals surface area contributed by atoms with E-state index < -0.39 is 0 Å². The number of amides is 1. The van der Waals surface area contributed by atoms with E-state index in [2.05, 4.69) is 24.5 Å². The molecule has 0 atom stereocenters. The topological polar surface area (TPSA) is 41.1 Å². The maximum atomic E-state index is 11.3. The minimum atomic E-state index is 0.162. The van der Waals surface area contributed by atoms with Gasteiger partial charge in [0, 0.05) is 19.0 Å². The van der Waals surface area contributed by atoms with Gasteiger partial charge in [0.15, 0.2) is 0 Å². The van der Waals surface area contributed by atoms with Gasteiger partial charge in [-0.2, -0.15) is 0 Å². The first kappa shape index (κ1) is 12.4. The number of hydrogen-bond acceptors (Lipinski definition) is 2. The lowest BCUT2D eigenvalue weighted by atomic mass is 10.1. The van der Waals surface area contributed by atoms with Crippen LogP contribution in [0.4, 0.5) is 0 Å². The lowest BCUT2D eigenvalue weighted by Gasteiger charge is -2.14. The highest BCUT2D eigenvalue weighted by molar-refractivity contribution is 5.76. The maximum absolute atomic E-state index is 11.3. The van der Waals surface area contributed by atoms with Crippen LogP contribution in [0.2, 0.25) is 0 Å². The normalized spacial score (nSPS) is 10.5.